The van der Waals surface area contributed by atoms with Crippen LogP contribution in [0.15, 0.2) is 71.6 Å². The summed E-state index contributed by atoms with van der Waals surface area (Å²) in [7, 11) is -3.36. The van der Waals surface area contributed by atoms with Crippen molar-refractivity contribution in [3.63, 3.8) is 0 Å². The maximum Gasteiger partial charge on any atom is 0.192 e. The Bertz CT molecular complexity index is 1170. The lowest BCUT2D eigenvalue weighted by Crippen LogP contribution is -2.40. The van der Waals surface area contributed by atoms with E-state index in [0.29, 0.717) is 5.56 Å². The van der Waals surface area contributed by atoms with Crippen LogP contribution in [0.1, 0.15) is 11.1 Å². The quantitative estimate of drug-likeness (QED) is 0.658. The molecule has 0 amide bonds. The molecule has 3 aromatic carbocycles. The van der Waals surface area contributed by atoms with Crippen LogP contribution < -0.4 is 10.6 Å². The van der Waals surface area contributed by atoms with Gasteiger partial charge in [0.1, 0.15) is 0 Å². The summed E-state index contributed by atoms with van der Waals surface area (Å²) < 4.78 is 24.3. The maximum atomic E-state index is 12.1. The summed E-state index contributed by atoms with van der Waals surface area (Å²) in [6.45, 7) is 1.99. The zero-order chi connectivity index (χ0) is 19.9. The van der Waals surface area contributed by atoms with Crippen LogP contribution in [0, 0.1) is 6.92 Å². The lowest BCUT2D eigenvalue weighted by atomic mass is 10.0. The second kappa shape index (κ2) is 6.49. The molecule has 0 aromatic heterocycles. The summed E-state index contributed by atoms with van der Waals surface area (Å²) in [5.74, 6) is 0. The number of benzene rings is 3. The number of anilines is 2. The van der Waals surface area contributed by atoms with E-state index in [-0.39, 0.29) is 4.90 Å². The molecule has 5 nitrogen and oxygen atoms in total. The van der Waals surface area contributed by atoms with E-state index in [1.807, 2.05) is 55.5 Å². The lowest BCUT2D eigenvalue weighted by Gasteiger charge is -2.25. The highest BCUT2D eigenvalue weighted by Gasteiger charge is 2.38. The summed E-state index contributed by atoms with van der Waals surface area (Å²) in [6, 6.07) is 20.2. The van der Waals surface area contributed by atoms with E-state index in [9.17, 15) is 13.2 Å². The van der Waals surface area contributed by atoms with Crippen molar-refractivity contribution in [1.82, 2.24) is 0 Å². The molecular weight excluding hydrogens is 372 g/mol. The number of aldehydes is 1. The molecule has 0 saturated heterocycles. The molecule has 142 valence electrons. The van der Waals surface area contributed by atoms with Gasteiger partial charge in [-0.2, -0.15) is 0 Å². The minimum absolute atomic E-state index is 0.279. The van der Waals surface area contributed by atoms with E-state index < -0.39 is 15.5 Å². The number of sulfone groups is 1. The Balaban J connectivity index is 1.77. The van der Waals surface area contributed by atoms with Gasteiger partial charge in [-0.3, -0.25) is 4.79 Å². The number of fused-ring (bicyclic) bond motifs is 1. The molecule has 1 atom stereocenters. The fraction of sp³-hybridized carbons (Fsp3) is 0.136. The van der Waals surface area contributed by atoms with Gasteiger partial charge in [0.15, 0.2) is 21.8 Å². The summed E-state index contributed by atoms with van der Waals surface area (Å²) in [4.78, 5) is 12.3. The smallest absolute Gasteiger partial charge is 0.192 e. The van der Waals surface area contributed by atoms with Crippen molar-refractivity contribution >= 4 is 27.5 Å². The first-order chi connectivity index (χ1) is 13.3. The first-order valence-electron chi connectivity index (χ1n) is 8.86. The van der Waals surface area contributed by atoms with Gasteiger partial charge in [0.05, 0.1) is 16.3 Å². The number of nitrogens with one attached hydrogen (secondary N) is 2. The van der Waals surface area contributed by atoms with E-state index in [1.54, 1.807) is 18.2 Å². The van der Waals surface area contributed by atoms with Crippen molar-refractivity contribution in [1.29, 1.82) is 0 Å². The van der Waals surface area contributed by atoms with Gasteiger partial charge >= 0.3 is 0 Å². The molecule has 0 saturated carbocycles. The molecule has 1 unspecified atom stereocenters. The Kier molecular flexibility index (Phi) is 4.23. The largest absolute Gasteiger partial charge is 0.351 e. The van der Waals surface area contributed by atoms with Crippen LogP contribution in [0.25, 0.3) is 11.1 Å². The first kappa shape index (κ1) is 18.3. The molecule has 0 aliphatic carbocycles. The van der Waals surface area contributed by atoms with E-state index >= 15 is 0 Å². The van der Waals surface area contributed by atoms with E-state index in [2.05, 4.69) is 10.6 Å². The second-order valence-electron chi connectivity index (χ2n) is 7.07. The van der Waals surface area contributed by atoms with Crippen LogP contribution in [-0.4, -0.2) is 21.0 Å². The average molecular weight is 392 g/mol. The highest BCUT2D eigenvalue weighted by Crippen LogP contribution is 2.41. The minimum atomic E-state index is -3.36. The van der Waals surface area contributed by atoms with Gasteiger partial charge in [-0.15, -0.1) is 0 Å². The number of hydrogen-bond donors (Lipinski definition) is 2. The summed E-state index contributed by atoms with van der Waals surface area (Å²) >= 11 is 0. The highest BCUT2D eigenvalue weighted by atomic mass is 32.2. The molecule has 6 heteroatoms. The van der Waals surface area contributed by atoms with Gasteiger partial charge in [0.2, 0.25) is 0 Å². The van der Waals surface area contributed by atoms with E-state index in [1.165, 1.54) is 6.26 Å². The van der Waals surface area contributed by atoms with E-state index in [0.717, 1.165) is 34.4 Å². The topological polar surface area (TPSA) is 75.3 Å². The Labute approximate surface area is 164 Å². The van der Waals surface area contributed by atoms with Gasteiger partial charge in [-0.25, -0.2) is 8.42 Å². The van der Waals surface area contributed by atoms with Crippen LogP contribution in [0.3, 0.4) is 0 Å². The van der Waals surface area contributed by atoms with Gasteiger partial charge in [0.25, 0.3) is 0 Å². The standard InChI is InChI=1S/C22H20N2O3S/c1-15-7-10-17(11-8-15)22(14-25)23-19-12-9-16(13-20(19)24-22)18-5-3-4-6-21(18)28(2,26)27/h3-14,23-24H,1-2H3. The highest BCUT2D eigenvalue weighted by molar-refractivity contribution is 7.90. The van der Waals surface area contributed by atoms with Crippen molar-refractivity contribution in [2.75, 3.05) is 16.9 Å². The fourth-order valence-corrected chi connectivity index (χ4v) is 4.41. The van der Waals surface area contributed by atoms with Crippen LogP contribution in [0.5, 0.6) is 0 Å². The van der Waals surface area contributed by atoms with Crippen molar-refractivity contribution in [2.24, 2.45) is 0 Å². The van der Waals surface area contributed by atoms with E-state index in [4.69, 9.17) is 0 Å². The second-order valence-corrected chi connectivity index (χ2v) is 9.05. The summed E-state index contributed by atoms with van der Waals surface area (Å²) in [6.07, 6.45) is 2.05. The van der Waals surface area contributed by atoms with Gasteiger partial charge in [-0.1, -0.05) is 54.1 Å². The minimum Gasteiger partial charge on any atom is -0.351 e. The fourth-order valence-electron chi connectivity index (χ4n) is 3.50. The predicted molar refractivity (Wildman–Crippen MR) is 111 cm³/mol. The number of aryl methyl sites for hydroxylation is 1. The maximum absolute atomic E-state index is 12.1. The zero-order valence-electron chi connectivity index (χ0n) is 15.6. The Morgan fingerprint density at radius 3 is 2.25 bits per heavy atom. The number of hydrogen-bond acceptors (Lipinski definition) is 5. The Morgan fingerprint density at radius 1 is 0.893 bits per heavy atom. The molecule has 3 aromatic rings. The monoisotopic (exact) mass is 392 g/mol. The molecule has 1 heterocycles. The molecule has 4 rings (SSSR count). The number of rotatable bonds is 4. The van der Waals surface area contributed by atoms with Crippen LogP contribution >= 0.6 is 0 Å². The van der Waals surface area contributed by atoms with Crippen LogP contribution in [0.4, 0.5) is 11.4 Å². The van der Waals surface area contributed by atoms with Crippen molar-refractivity contribution in [3.05, 3.63) is 77.9 Å². The third kappa shape index (κ3) is 3.05. The SMILES string of the molecule is Cc1ccc(C2(C=O)Nc3ccc(-c4ccccc4S(C)(=O)=O)cc3N2)cc1. The van der Waals surface area contributed by atoms with Crippen LogP contribution in [0.2, 0.25) is 0 Å². The van der Waals surface area contributed by atoms with Crippen LogP contribution in [-0.2, 0) is 20.3 Å². The Hall–Kier alpha value is -3.12. The Morgan fingerprint density at radius 2 is 1.57 bits per heavy atom. The lowest BCUT2D eigenvalue weighted by molar-refractivity contribution is -0.110. The molecular formula is C22H20N2O3S. The van der Waals surface area contributed by atoms with Crippen molar-refractivity contribution in [2.45, 2.75) is 17.5 Å². The van der Waals surface area contributed by atoms with Gasteiger partial charge in [0, 0.05) is 17.4 Å². The average Bonchev–Trinajstić information content (AvgIpc) is 3.07. The summed E-state index contributed by atoms with van der Waals surface area (Å²) in [5, 5.41) is 6.53. The molecule has 1 aliphatic rings. The molecule has 28 heavy (non-hydrogen) atoms. The third-order valence-electron chi connectivity index (χ3n) is 4.96. The predicted octanol–water partition coefficient (Wildman–Crippen LogP) is 3.95. The molecule has 0 spiro atoms. The van der Waals surface area contributed by atoms with Crippen molar-refractivity contribution < 1.29 is 13.2 Å². The van der Waals surface area contributed by atoms with Crippen molar-refractivity contribution in [3.8, 4) is 11.1 Å². The normalized spacial score (nSPS) is 18.1. The summed E-state index contributed by atoms with van der Waals surface area (Å²) in [5.41, 5.74) is 3.79. The van der Waals surface area contributed by atoms with Gasteiger partial charge < -0.3 is 10.6 Å². The zero-order valence-corrected chi connectivity index (χ0v) is 16.4. The third-order valence-corrected chi connectivity index (χ3v) is 6.12. The number of carbonyl (C=O) groups is 1. The molecule has 0 fully saturated rings. The molecule has 2 N–H and O–H groups in total. The molecule has 0 radical (unpaired) electrons. The molecule has 1 aliphatic heterocycles. The first-order valence-corrected chi connectivity index (χ1v) is 10.7. The number of carbonyl (C=O) groups excluding carboxylic acids is 1. The molecule has 0 bridgehead atoms. The van der Waals surface area contributed by atoms with Gasteiger partial charge in [-0.05, 0) is 30.7 Å².